The van der Waals surface area contributed by atoms with Gasteiger partial charge in [-0.2, -0.15) is 4.98 Å². The second-order valence-electron chi connectivity index (χ2n) is 5.87. The molecule has 0 aromatic heterocycles. The Morgan fingerprint density at radius 2 is 1.96 bits per heavy atom. The number of aromatic nitrogens is 4. The number of aryl methyl sites for hydroxylation is 2. The summed E-state index contributed by atoms with van der Waals surface area (Å²) in [6.07, 6.45) is 0.565. The summed E-state index contributed by atoms with van der Waals surface area (Å²) in [6.45, 7) is 7.93. The van der Waals surface area contributed by atoms with Gasteiger partial charge in [-0.15, -0.1) is 0 Å². The Kier molecular flexibility index (Phi) is 4.35. The number of amides is 1. The lowest BCUT2D eigenvalue weighted by Gasteiger charge is -2.17. The molecule has 0 bridgehead atoms. The molecule has 1 amide bonds. The molecule has 2 heterocycles. The molecule has 1 aromatic rings. The molecule has 0 spiro atoms. The minimum Gasteiger partial charge on any atom is -0.355 e. The van der Waals surface area contributed by atoms with E-state index in [0.29, 0.717) is 24.0 Å². The zero-order valence-electron chi connectivity index (χ0n) is 14.0. The van der Waals surface area contributed by atoms with Crippen LogP contribution in [0.2, 0.25) is 0 Å². The second kappa shape index (κ2) is 6.46. The highest BCUT2D eigenvalue weighted by Gasteiger charge is 2.20. The van der Waals surface area contributed by atoms with Crippen molar-refractivity contribution in [1.82, 2.24) is 24.8 Å². The van der Waals surface area contributed by atoms with Gasteiger partial charge in [0.2, 0.25) is 5.91 Å². The van der Waals surface area contributed by atoms with Crippen molar-refractivity contribution in [3.63, 3.8) is 0 Å². The first kappa shape index (κ1) is 16.8. The summed E-state index contributed by atoms with van der Waals surface area (Å²) in [5.74, 6) is -0.163. The van der Waals surface area contributed by atoms with Crippen molar-refractivity contribution in [2.24, 2.45) is 0 Å². The summed E-state index contributed by atoms with van der Waals surface area (Å²) in [7, 11) is 0. The molecular formula is C17H18N5O3. The molecule has 2 aliphatic rings. The predicted octanol–water partition coefficient (Wildman–Crippen LogP) is 0.542. The van der Waals surface area contributed by atoms with Crippen molar-refractivity contribution in [2.45, 2.75) is 26.8 Å². The molecule has 8 heteroatoms. The van der Waals surface area contributed by atoms with Gasteiger partial charge in [0.25, 0.3) is 5.56 Å². The minimum absolute atomic E-state index is 0.0281. The Bertz CT molecular complexity index is 1050. The number of hydrogen-bond acceptors (Lipinski definition) is 5. The fourth-order valence-corrected chi connectivity index (χ4v) is 2.64. The van der Waals surface area contributed by atoms with Gasteiger partial charge in [-0.1, -0.05) is 6.92 Å². The molecule has 0 aliphatic carbocycles. The Balaban J connectivity index is 2.31. The van der Waals surface area contributed by atoms with Crippen molar-refractivity contribution in [3.05, 3.63) is 51.0 Å². The molecule has 0 saturated heterocycles. The van der Waals surface area contributed by atoms with Gasteiger partial charge in [-0.05, 0) is 43.5 Å². The van der Waals surface area contributed by atoms with Crippen molar-refractivity contribution < 1.29 is 4.79 Å². The number of benzene rings is 1. The van der Waals surface area contributed by atoms with E-state index >= 15 is 0 Å². The lowest BCUT2D eigenvalue weighted by atomic mass is 10.1. The number of rotatable bonds is 4. The van der Waals surface area contributed by atoms with Crippen LogP contribution >= 0.6 is 0 Å². The van der Waals surface area contributed by atoms with E-state index in [0.717, 1.165) is 11.1 Å². The summed E-state index contributed by atoms with van der Waals surface area (Å²) in [5, 5.41) is 2.73. The molecule has 1 aromatic carbocycles. The average molecular weight is 340 g/mol. The summed E-state index contributed by atoms with van der Waals surface area (Å²) < 4.78 is 1.55. The molecular weight excluding hydrogens is 322 g/mol. The first-order valence-corrected chi connectivity index (χ1v) is 7.88. The number of nitrogens with one attached hydrogen (secondary N) is 2. The van der Waals surface area contributed by atoms with E-state index in [1.165, 1.54) is 0 Å². The van der Waals surface area contributed by atoms with E-state index in [1.54, 1.807) is 4.57 Å². The van der Waals surface area contributed by atoms with Crippen LogP contribution in [0.25, 0.3) is 22.6 Å². The third kappa shape index (κ3) is 3.15. The second-order valence-corrected chi connectivity index (χ2v) is 5.87. The zero-order chi connectivity index (χ0) is 18.1. The van der Waals surface area contributed by atoms with Gasteiger partial charge in [0.05, 0.1) is 11.0 Å². The number of H-pyrrole nitrogens is 1. The van der Waals surface area contributed by atoms with Crippen molar-refractivity contribution in [3.8, 4) is 11.5 Å². The number of fused-ring (bicyclic) bond motifs is 2. The summed E-state index contributed by atoms with van der Waals surface area (Å²) in [4.78, 5) is 46.3. The maximum absolute atomic E-state index is 12.2. The molecule has 1 radical (unpaired) electrons. The van der Waals surface area contributed by atoms with Crippen LogP contribution in [0, 0.1) is 20.8 Å². The van der Waals surface area contributed by atoms with Crippen LogP contribution in [-0.2, 0) is 11.3 Å². The maximum atomic E-state index is 12.2. The van der Waals surface area contributed by atoms with Crippen LogP contribution in [0.15, 0.2) is 21.7 Å². The molecule has 3 rings (SSSR count). The van der Waals surface area contributed by atoms with Crippen LogP contribution in [-0.4, -0.2) is 32.0 Å². The fourth-order valence-electron chi connectivity index (χ4n) is 2.64. The molecule has 0 unspecified atom stereocenters. The van der Waals surface area contributed by atoms with Crippen molar-refractivity contribution >= 4 is 16.9 Å². The van der Waals surface area contributed by atoms with Gasteiger partial charge in [0.1, 0.15) is 6.54 Å². The van der Waals surface area contributed by atoms with Gasteiger partial charge in [0, 0.05) is 6.54 Å². The average Bonchev–Trinajstić information content (AvgIpc) is 2.55. The summed E-state index contributed by atoms with van der Waals surface area (Å²) in [6, 6.07) is 3.72. The Labute approximate surface area is 143 Å². The largest absolute Gasteiger partial charge is 0.355 e. The molecule has 0 fully saturated rings. The van der Waals surface area contributed by atoms with Crippen LogP contribution in [0.3, 0.4) is 0 Å². The van der Waals surface area contributed by atoms with Crippen molar-refractivity contribution in [2.75, 3.05) is 6.54 Å². The number of carbonyl (C=O) groups excluding carboxylic acids is 1. The third-order valence-electron chi connectivity index (χ3n) is 4.03. The number of carbonyl (C=O) groups is 1. The SMILES string of the molecule is [CH2]CCNC(=O)Cn1c2nc(=O)[nH]c(=O)c-2nc2cc(C)c(C)cc21. The monoisotopic (exact) mass is 340 g/mol. The quantitative estimate of drug-likeness (QED) is 0.674. The van der Waals surface area contributed by atoms with E-state index in [9.17, 15) is 14.4 Å². The molecule has 129 valence electrons. The Morgan fingerprint density at radius 1 is 1.24 bits per heavy atom. The highest BCUT2D eigenvalue weighted by Crippen LogP contribution is 2.23. The Hall–Kier alpha value is -3.03. The van der Waals surface area contributed by atoms with Gasteiger partial charge < -0.3 is 9.88 Å². The molecule has 8 nitrogen and oxygen atoms in total. The standard InChI is InChI=1S/C17H18N5O3/c1-4-5-18-13(23)8-22-12-7-10(3)9(2)6-11(12)19-14-15(22)20-17(25)21-16(14)24/h6-7H,1,4-5,8H2,2-3H3,(H,18,23)(H,21,24,25). The highest BCUT2D eigenvalue weighted by molar-refractivity contribution is 5.84. The Morgan fingerprint density at radius 3 is 2.68 bits per heavy atom. The van der Waals surface area contributed by atoms with Crippen LogP contribution < -0.4 is 16.6 Å². The zero-order valence-corrected chi connectivity index (χ0v) is 14.0. The van der Waals surface area contributed by atoms with Gasteiger partial charge in [0.15, 0.2) is 11.5 Å². The molecule has 2 N–H and O–H groups in total. The van der Waals surface area contributed by atoms with Crippen LogP contribution in [0.4, 0.5) is 0 Å². The van der Waals surface area contributed by atoms with Gasteiger partial charge in [-0.3, -0.25) is 14.6 Å². The van der Waals surface area contributed by atoms with Crippen LogP contribution in [0.5, 0.6) is 0 Å². The lowest BCUT2D eigenvalue weighted by Crippen LogP contribution is -2.33. The van der Waals surface area contributed by atoms with E-state index < -0.39 is 11.2 Å². The van der Waals surface area contributed by atoms with Gasteiger partial charge >= 0.3 is 5.69 Å². The number of nitrogens with zero attached hydrogens (tertiary/aromatic N) is 3. The summed E-state index contributed by atoms with van der Waals surface area (Å²) in [5.41, 5.74) is 1.85. The normalized spacial score (nSPS) is 11.2. The van der Waals surface area contributed by atoms with E-state index in [1.807, 2.05) is 26.0 Å². The summed E-state index contributed by atoms with van der Waals surface area (Å²) >= 11 is 0. The topological polar surface area (TPSA) is 110 Å². The molecule has 0 saturated carbocycles. The fraction of sp³-hybridized carbons (Fsp3) is 0.294. The van der Waals surface area contributed by atoms with E-state index in [4.69, 9.17) is 0 Å². The smallest absolute Gasteiger partial charge is 0.349 e. The highest BCUT2D eigenvalue weighted by atomic mass is 16.2. The third-order valence-corrected chi connectivity index (χ3v) is 4.03. The van der Waals surface area contributed by atoms with Crippen molar-refractivity contribution in [1.29, 1.82) is 0 Å². The maximum Gasteiger partial charge on any atom is 0.349 e. The molecule has 2 aliphatic heterocycles. The molecule has 25 heavy (non-hydrogen) atoms. The van der Waals surface area contributed by atoms with Gasteiger partial charge in [-0.25, -0.2) is 9.78 Å². The number of hydrogen-bond donors (Lipinski definition) is 2. The number of aromatic amines is 1. The first-order valence-electron chi connectivity index (χ1n) is 7.88. The minimum atomic E-state index is -0.769. The lowest BCUT2D eigenvalue weighted by molar-refractivity contribution is -0.121. The molecule has 0 atom stereocenters. The predicted molar refractivity (Wildman–Crippen MR) is 93.5 cm³/mol. The first-order chi connectivity index (χ1) is 11.9. The van der Waals surface area contributed by atoms with E-state index in [-0.39, 0.29) is 24.0 Å². The van der Waals surface area contributed by atoms with E-state index in [2.05, 4.69) is 27.2 Å². The van der Waals surface area contributed by atoms with Crippen LogP contribution in [0.1, 0.15) is 17.5 Å².